The summed E-state index contributed by atoms with van der Waals surface area (Å²) in [5.74, 6) is 0. The Morgan fingerprint density at radius 2 is 1.64 bits per heavy atom. The summed E-state index contributed by atoms with van der Waals surface area (Å²) in [5.41, 5.74) is 4.60. The molecule has 2 aromatic carbocycles. The second kappa shape index (κ2) is 6.20. The molecule has 1 N–H and O–H groups in total. The van der Waals surface area contributed by atoms with E-state index in [0.717, 1.165) is 16.8 Å². The molecule has 4 rings (SSSR count). The van der Waals surface area contributed by atoms with Crippen molar-refractivity contribution in [1.82, 2.24) is 9.29 Å². The van der Waals surface area contributed by atoms with Crippen molar-refractivity contribution in [3.05, 3.63) is 54.7 Å². The zero-order chi connectivity index (χ0) is 17.4. The second-order valence-corrected chi connectivity index (χ2v) is 8.43. The van der Waals surface area contributed by atoms with Crippen molar-refractivity contribution in [2.24, 2.45) is 0 Å². The number of rotatable bonds is 3. The van der Waals surface area contributed by atoms with Gasteiger partial charge in [-0.25, -0.2) is 8.42 Å². The first-order chi connectivity index (χ1) is 12.0. The number of benzene rings is 2. The maximum atomic E-state index is 11.7. The third-order valence-electron chi connectivity index (χ3n) is 4.80. The number of fused-ring (bicyclic) bond motifs is 1. The summed E-state index contributed by atoms with van der Waals surface area (Å²) in [7, 11) is -3.11. The lowest BCUT2D eigenvalue weighted by Gasteiger charge is -2.35. The summed E-state index contributed by atoms with van der Waals surface area (Å²) in [6.45, 7) is 2.46. The van der Waals surface area contributed by atoms with Gasteiger partial charge in [0.15, 0.2) is 0 Å². The molecule has 0 atom stereocenters. The van der Waals surface area contributed by atoms with Crippen LogP contribution in [0.15, 0.2) is 54.7 Å². The number of nitrogens with zero attached hydrogens (tertiary/aromatic N) is 2. The van der Waals surface area contributed by atoms with Gasteiger partial charge in [0, 0.05) is 49.0 Å². The van der Waals surface area contributed by atoms with Crippen LogP contribution in [0, 0.1) is 0 Å². The lowest BCUT2D eigenvalue weighted by molar-refractivity contribution is 0.388. The first-order valence-electron chi connectivity index (χ1n) is 8.39. The molecule has 1 aromatic heterocycles. The fourth-order valence-electron chi connectivity index (χ4n) is 3.47. The Balaban J connectivity index is 1.71. The molecule has 0 spiro atoms. The van der Waals surface area contributed by atoms with Gasteiger partial charge in [-0.15, -0.1) is 0 Å². The summed E-state index contributed by atoms with van der Waals surface area (Å²) in [6, 6.07) is 16.8. The molecule has 0 radical (unpaired) electrons. The van der Waals surface area contributed by atoms with Gasteiger partial charge < -0.3 is 9.88 Å². The van der Waals surface area contributed by atoms with E-state index >= 15 is 0 Å². The minimum atomic E-state index is -3.11. The maximum absolute atomic E-state index is 11.7. The van der Waals surface area contributed by atoms with E-state index in [-0.39, 0.29) is 0 Å². The van der Waals surface area contributed by atoms with E-state index < -0.39 is 10.0 Å². The summed E-state index contributed by atoms with van der Waals surface area (Å²) in [6.07, 6.45) is 3.23. The summed E-state index contributed by atoms with van der Waals surface area (Å²) in [4.78, 5) is 5.59. The molecule has 2 heterocycles. The number of piperazine rings is 1. The molecule has 0 saturated carbocycles. The SMILES string of the molecule is CS(=O)(=O)N1CCN(c2cc(-c3ccccc3)cc3[nH]ccc23)CC1. The highest BCUT2D eigenvalue weighted by Crippen LogP contribution is 2.33. The van der Waals surface area contributed by atoms with Crippen molar-refractivity contribution in [3.63, 3.8) is 0 Å². The van der Waals surface area contributed by atoms with Crippen molar-refractivity contribution < 1.29 is 8.42 Å². The predicted molar refractivity (Wildman–Crippen MR) is 102 cm³/mol. The summed E-state index contributed by atoms with van der Waals surface area (Å²) in [5, 5.41) is 1.17. The van der Waals surface area contributed by atoms with E-state index in [4.69, 9.17) is 0 Å². The van der Waals surface area contributed by atoms with Crippen LogP contribution in [0.5, 0.6) is 0 Å². The highest BCUT2D eigenvalue weighted by Gasteiger charge is 2.24. The Morgan fingerprint density at radius 3 is 2.32 bits per heavy atom. The fourth-order valence-corrected chi connectivity index (χ4v) is 4.29. The Morgan fingerprint density at radius 1 is 0.920 bits per heavy atom. The predicted octanol–water partition coefficient (Wildman–Crippen LogP) is 2.92. The number of sulfonamides is 1. The Bertz CT molecular complexity index is 988. The smallest absolute Gasteiger partial charge is 0.211 e. The summed E-state index contributed by atoms with van der Waals surface area (Å²) >= 11 is 0. The molecule has 0 amide bonds. The van der Waals surface area contributed by atoms with E-state index in [1.54, 1.807) is 4.31 Å². The number of aromatic nitrogens is 1. The van der Waals surface area contributed by atoms with Crippen LogP contribution in [-0.2, 0) is 10.0 Å². The molecule has 25 heavy (non-hydrogen) atoms. The zero-order valence-corrected chi connectivity index (χ0v) is 15.0. The number of H-pyrrole nitrogens is 1. The highest BCUT2D eigenvalue weighted by atomic mass is 32.2. The Kier molecular flexibility index (Phi) is 4.01. The minimum absolute atomic E-state index is 0.528. The van der Waals surface area contributed by atoms with E-state index in [1.165, 1.54) is 17.2 Å². The van der Waals surface area contributed by atoms with E-state index in [1.807, 2.05) is 24.4 Å². The highest BCUT2D eigenvalue weighted by molar-refractivity contribution is 7.88. The Hall–Kier alpha value is -2.31. The average Bonchev–Trinajstić information content (AvgIpc) is 3.09. The van der Waals surface area contributed by atoms with Gasteiger partial charge in [0.1, 0.15) is 0 Å². The largest absolute Gasteiger partial charge is 0.368 e. The summed E-state index contributed by atoms with van der Waals surface area (Å²) < 4.78 is 25.0. The molecule has 0 bridgehead atoms. The van der Waals surface area contributed by atoms with Crippen molar-refractivity contribution >= 4 is 26.6 Å². The number of hydrogen-bond acceptors (Lipinski definition) is 3. The number of hydrogen-bond donors (Lipinski definition) is 1. The second-order valence-electron chi connectivity index (χ2n) is 6.45. The molecule has 0 unspecified atom stereocenters. The molecule has 1 fully saturated rings. The van der Waals surface area contributed by atoms with Crippen molar-refractivity contribution in [2.75, 3.05) is 37.3 Å². The van der Waals surface area contributed by atoms with Gasteiger partial charge in [-0.3, -0.25) is 0 Å². The van der Waals surface area contributed by atoms with Crippen LogP contribution in [0.3, 0.4) is 0 Å². The van der Waals surface area contributed by atoms with Crippen LogP contribution in [0.1, 0.15) is 0 Å². The lowest BCUT2D eigenvalue weighted by atomic mass is 10.0. The molecular formula is C19H21N3O2S. The van der Waals surface area contributed by atoms with Gasteiger partial charge in [-0.2, -0.15) is 4.31 Å². The fraction of sp³-hybridized carbons (Fsp3) is 0.263. The molecule has 1 aliphatic heterocycles. The standard InChI is InChI=1S/C19H21N3O2S/c1-25(23,24)22-11-9-21(10-12-22)19-14-16(15-5-3-2-4-6-15)13-18-17(19)7-8-20-18/h2-8,13-14,20H,9-12H2,1H3. The average molecular weight is 355 g/mol. The number of nitrogens with one attached hydrogen (secondary N) is 1. The van der Waals surface area contributed by atoms with Gasteiger partial charge in [-0.05, 0) is 29.3 Å². The first kappa shape index (κ1) is 16.2. The third kappa shape index (κ3) is 3.15. The minimum Gasteiger partial charge on any atom is -0.368 e. The van der Waals surface area contributed by atoms with Gasteiger partial charge >= 0.3 is 0 Å². The van der Waals surface area contributed by atoms with Gasteiger partial charge in [0.05, 0.1) is 6.26 Å². The maximum Gasteiger partial charge on any atom is 0.211 e. The number of anilines is 1. The number of aromatic amines is 1. The van der Waals surface area contributed by atoms with Gasteiger partial charge in [-0.1, -0.05) is 30.3 Å². The van der Waals surface area contributed by atoms with Crippen LogP contribution in [0.25, 0.3) is 22.0 Å². The Labute approximate surface area is 147 Å². The van der Waals surface area contributed by atoms with Crippen molar-refractivity contribution in [3.8, 4) is 11.1 Å². The van der Waals surface area contributed by atoms with E-state index in [2.05, 4.69) is 40.2 Å². The van der Waals surface area contributed by atoms with E-state index in [9.17, 15) is 8.42 Å². The molecule has 5 nitrogen and oxygen atoms in total. The molecule has 6 heteroatoms. The molecule has 130 valence electrons. The van der Waals surface area contributed by atoms with Crippen LogP contribution < -0.4 is 4.90 Å². The molecular weight excluding hydrogens is 334 g/mol. The first-order valence-corrected chi connectivity index (χ1v) is 10.2. The lowest BCUT2D eigenvalue weighted by Crippen LogP contribution is -2.48. The normalized spacial score (nSPS) is 16.4. The van der Waals surface area contributed by atoms with Gasteiger partial charge in [0.25, 0.3) is 0 Å². The van der Waals surface area contributed by atoms with Crippen LogP contribution in [0.4, 0.5) is 5.69 Å². The quantitative estimate of drug-likeness (QED) is 0.786. The monoisotopic (exact) mass is 355 g/mol. The van der Waals surface area contributed by atoms with Crippen LogP contribution in [-0.4, -0.2) is 50.1 Å². The molecule has 1 aliphatic rings. The van der Waals surface area contributed by atoms with Crippen molar-refractivity contribution in [1.29, 1.82) is 0 Å². The third-order valence-corrected chi connectivity index (χ3v) is 6.11. The van der Waals surface area contributed by atoms with Gasteiger partial charge in [0.2, 0.25) is 10.0 Å². The van der Waals surface area contributed by atoms with Crippen molar-refractivity contribution in [2.45, 2.75) is 0 Å². The van der Waals surface area contributed by atoms with Crippen LogP contribution in [0.2, 0.25) is 0 Å². The molecule has 1 saturated heterocycles. The topological polar surface area (TPSA) is 56.4 Å². The molecule has 0 aliphatic carbocycles. The molecule has 3 aromatic rings. The zero-order valence-electron chi connectivity index (χ0n) is 14.1. The van der Waals surface area contributed by atoms with Crippen LogP contribution >= 0.6 is 0 Å². The van der Waals surface area contributed by atoms with E-state index in [0.29, 0.717) is 26.2 Å².